The van der Waals surface area contributed by atoms with E-state index < -0.39 is 54.6 Å². The van der Waals surface area contributed by atoms with Crippen LogP contribution in [0.1, 0.15) is 55.2 Å². The summed E-state index contributed by atoms with van der Waals surface area (Å²) in [4.78, 5) is 48.3. The van der Waals surface area contributed by atoms with Crippen LogP contribution in [-0.2, 0) is 35.1 Å². The number of ether oxygens (including phenoxy) is 3. The molecule has 2 unspecified atom stereocenters. The third-order valence-corrected chi connectivity index (χ3v) is 6.53. The molecule has 0 spiro atoms. The normalized spacial score (nSPS) is 12.3. The SMILES string of the molecule is CCCC(=O)OC(Cl)CCCC(=O)OCOC(=O)C(O)CN(Cc1ccc(-c2cc(Cl)ccc2F)cc1)NC(=O)c1nn[nH]n1. The van der Waals surface area contributed by atoms with Crippen LogP contribution >= 0.6 is 23.2 Å². The van der Waals surface area contributed by atoms with Crippen LogP contribution < -0.4 is 5.43 Å². The van der Waals surface area contributed by atoms with Crippen LogP contribution in [-0.4, -0.2) is 79.6 Å². The molecule has 14 nitrogen and oxygen atoms in total. The van der Waals surface area contributed by atoms with Gasteiger partial charge in [-0.25, -0.2) is 14.2 Å². The maximum atomic E-state index is 14.3. The fourth-order valence-corrected chi connectivity index (χ4v) is 4.23. The van der Waals surface area contributed by atoms with Gasteiger partial charge in [-0.15, -0.1) is 10.2 Å². The third-order valence-electron chi connectivity index (χ3n) is 5.99. The number of alkyl halides is 1. The Hall–Kier alpha value is -4.18. The molecule has 2 aromatic carbocycles. The number of carbonyl (C=O) groups is 4. The minimum Gasteiger partial charge on any atom is -0.446 e. The molecule has 0 saturated carbocycles. The van der Waals surface area contributed by atoms with E-state index in [1.807, 2.05) is 6.92 Å². The fourth-order valence-electron chi connectivity index (χ4n) is 3.81. The number of nitrogens with zero attached hydrogens (tertiary/aromatic N) is 4. The number of tetrazole rings is 1. The molecule has 3 N–H and O–H groups in total. The number of hydrogen-bond acceptors (Lipinski definition) is 12. The summed E-state index contributed by atoms with van der Waals surface area (Å²) in [5.74, 6) is -3.79. The number of aliphatic hydroxyl groups is 1. The van der Waals surface area contributed by atoms with Crippen molar-refractivity contribution < 1.29 is 42.9 Å². The number of rotatable bonds is 17. The second kappa shape index (κ2) is 17.9. The van der Waals surface area contributed by atoms with Gasteiger partial charge in [0.2, 0.25) is 6.79 Å². The van der Waals surface area contributed by atoms with Crippen molar-refractivity contribution in [1.29, 1.82) is 0 Å². The summed E-state index contributed by atoms with van der Waals surface area (Å²) in [6.45, 7) is 0.597. The van der Waals surface area contributed by atoms with Crippen LogP contribution in [0.5, 0.6) is 0 Å². The van der Waals surface area contributed by atoms with E-state index in [4.69, 9.17) is 37.4 Å². The molecule has 0 bridgehead atoms. The highest BCUT2D eigenvalue weighted by molar-refractivity contribution is 6.30. The first kappa shape index (κ1) is 35.3. The van der Waals surface area contributed by atoms with Crippen molar-refractivity contribution in [3.63, 3.8) is 0 Å². The number of hydrazine groups is 1. The quantitative estimate of drug-likeness (QED) is 0.0826. The van der Waals surface area contributed by atoms with Crippen LogP contribution in [0.3, 0.4) is 0 Å². The van der Waals surface area contributed by atoms with Crippen LogP contribution in [0.4, 0.5) is 4.39 Å². The van der Waals surface area contributed by atoms with Crippen molar-refractivity contribution in [2.45, 2.75) is 57.2 Å². The number of carbonyl (C=O) groups excluding carboxylic acids is 4. The van der Waals surface area contributed by atoms with E-state index in [-0.39, 0.29) is 38.1 Å². The van der Waals surface area contributed by atoms with Crippen molar-refractivity contribution in [3.8, 4) is 11.1 Å². The lowest BCUT2D eigenvalue weighted by Gasteiger charge is -2.24. The van der Waals surface area contributed by atoms with Gasteiger partial charge in [-0.05, 0) is 53.8 Å². The molecule has 17 heteroatoms. The minimum atomic E-state index is -1.77. The number of aromatic amines is 1. The number of esters is 3. The summed E-state index contributed by atoms with van der Waals surface area (Å²) in [7, 11) is 0. The molecule has 0 aliphatic heterocycles. The smallest absolute Gasteiger partial charge is 0.339 e. The number of nitrogens with one attached hydrogen (secondary N) is 2. The zero-order valence-corrected chi connectivity index (χ0v) is 25.6. The summed E-state index contributed by atoms with van der Waals surface area (Å²) in [6, 6.07) is 10.8. The van der Waals surface area contributed by atoms with E-state index in [2.05, 4.69) is 26.0 Å². The molecule has 1 aromatic heterocycles. The second-order valence-electron chi connectivity index (χ2n) is 9.53. The van der Waals surface area contributed by atoms with E-state index >= 15 is 0 Å². The number of benzene rings is 2. The van der Waals surface area contributed by atoms with Gasteiger partial charge in [0, 0.05) is 30.0 Å². The molecule has 2 atom stereocenters. The summed E-state index contributed by atoms with van der Waals surface area (Å²) >= 11 is 11.9. The van der Waals surface area contributed by atoms with Crippen LogP contribution in [0, 0.1) is 5.82 Å². The Bertz CT molecular complexity index is 1430. The highest BCUT2D eigenvalue weighted by Gasteiger charge is 2.24. The van der Waals surface area contributed by atoms with Gasteiger partial charge < -0.3 is 19.3 Å². The predicted octanol–water partition coefficient (Wildman–Crippen LogP) is 3.29. The van der Waals surface area contributed by atoms with Gasteiger partial charge in [-0.3, -0.25) is 19.8 Å². The van der Waals surface area contributed by atoms with Gasteiger partial charge in [-0.1, -0.05) is 54.4 Å². The summed E-state index contributed by atoms with van der Waals surface area (Å²) < 4.78 is 29.0. The van der Waals surface area contributed by atoms with Crippen LogP contribution in [0.15, 0.2) is 42.5 Å². The lowest BCUT2D eigenvalue weighted by molar-refractivity contribution is -0.174. The highest BCUT2D eigenvalue weighted by Crippen LogP contribution is 2.26. The predicted molar refractivity (Wildman–Crippen MR) is 156 cm³/mol. The van der Waals surface area contributed by atoms with Crippen LogP contribution in [0.25, 0.3) is 11.1 Å². The van der Waals surface area contributed by atoms with Crippen molar-refractivity contribution >= 4 is 47.0 Å². The first-order valence-electron chi connectivity index (χ1n) is 13.7. The summed E-state index contributed by atoms with van der Waals surface area (Å²) in [6.07, 6.45) is -0.510. The van der Waals surface area contributed by atoms with Crippen molar-refractivity contribution in [1.82, 2.24) is 31.1 Å². The van der Waals surface area contributed by atoms with Gasteiger partial charge in [0.25, 0.3) is 5.82 Å². The second-order valence-corrected chi connectivity index (χ2v) is 10.5. The number of amides is 1. The Morgan fingerprint density at radius 1 is 1.09 bits per heavy atom. The maximum Gasteiger partial charge on any atom is 0.339 e. The van der Waals surface area contributed by atoms with E-state index in [9.17, 15) is 28.7 Å². The molecule has 3 aromatic rings. The van der Waals surface area contributed by atoms with E-state index in [0.29, 0.717) is 28.1 Å². The lowest BCUT2D eigenvalue weighted by atomic mass is 10.0. The van der Waals surface area contributed by atoms with Gasteiger partial charge in [0.05, 0.1) is 6.54 Å². The van der Waals surface area contributed by atoms with Gasteiger partial charge in [0.1, 0.15) is 5.82 Å². The number of aliphatic hydroxyl groups excluding tert-OH is 1. The average Bonchev–Trinajstić information content (AvgIpc) is 3.54. The Balaban J connectivity index is 1.52. The molecule has 0 saturated heterocycles. The first-order valence-corrected chi connectivity index (χ1v) is 14.5. The van der Waals surface area contributed by atoms with E-state index in [0.717, 1.165) is 0 Å². The van der Waals surface area contributed by atoms with Crippen molar-refractivity contribution in [2.75, 3.05) is 13.3 Å². The lowest BCUT2D eigenvalue weighted by Crippen LogP contribution is -2.48. The number of H-pyrrole nitrogens is 1. The Morgan fingerprint density at radius 2 is 1.84 bits per heavy atom. The number of aromatic nitrogens is 4. The molecule has 0 fully saturated rings. The Labute approximate surface area is 267 Å². The molecule has 0 radical (unpaired) electrons. The molecule has 1 amide bonds. The number of hydrogen-bond donors (Lipinski definition) is 3. The topological polar surface area (TPSA) is 186 Å². The molecule has 242 valence electrons. The van der Waals surface area contributed by atoms with E-state index in [1.165, 1.54) is 23.2 Å². The molecular weight excluding hydrogens is 638 g/mol. The highest BCUT2D eigenvalue weighted by atomic mass is 35.5. The summed E-state index contributed by atoms with van der Waals surface area (Å²) in [5, 5.41) is 24.7. The summed E-state index contributed by atoms with van der Waals surface area (Å²) in [5.41, 5.74) is 3.07. The minimum absolute atomic E-state index is 0.0173. The maximum absolute atomic E-state index is 14.3. The molecule has 3 rings (SSSR count). The Kier molecular flexibility index (Phi) is 14.1. The van der Waals surface area contributed by atoms with Gasteiger partial charge in [0.15, 0.2) is 11.7 Å². The zero-order valence-electron chi connectivity index (χ0n) is 24.1. The number of halogens is 3. The van der Waals surface area contributed by atoms with Gasteiger partial charge >= 0.3 is 23.8 Å². The molecular formula is C28H31Cl2FN6O8. The van der Waals surface area contributed by atoms with Crippen molar-refractivity contribution in [3.05, 3.63) is 64.7 Å². The van der Waals surface area contributed by atoms with E-state index in [1.54, 1.807) is 24.3 Å². The monoisotopic (exact) mass is 668 g/mol. The zero-order chi connectivity index (χ0) is 32.8. The third kappa shape index (κ3) is 12.0. The Morgan fingerprint density at radius 3 is 2.53 bits per heavy atom. The average molecular weight is 669 g/mol. The largest absolute Gasteiger partial charge is 0.446 e. The first-order chi connectivity index (χ1) is 21.5. The molecule has 0 aliphatic carbocycles. The standard InChI is InChI=1S/C28H31Cl2FN6O8/c1-2-4-25(40)45-23(30)5-3-6-24(39)43-16-44-28(42)22(38)15-37(34-27(41)26-32-35-36-33-26)14-17-7-9-18(10-8-17)20-13-19(29)11-12-21(20)31/h7-13,22-23,38H,2-6,14-16H2,1H3,(H,34,41)(H,32,33,35,36). The molecule has 0 aliphatic rings. The van der Waals surface area contributed by atoms with Crippen LogP contribution in [0.2, 0.25) is 5.02 Å². The van der Waals surface area contributed by atoms with Gasteiger partial charge in [-0.2, -0.15) is 5.21 Å². The molecule has 45 heavy (non-hydrogen) atoms. The fraction of sp³-hybridized carbons (Fsp3) is 0.393. The molecule has 1 heterocycles. The van der Waals surface area contributed by atoms with Crippen molar-refractivity contribution in [2.24, 2.45) is 0 Å².